The molecule has 1 heterocycles. The van der Waals surface area contributed by atoms with Gasteiger partial charge in [0.25, 0.3) is 0 Å². The fraction of sp³-hybridized carbons (Fsp3) is 0.600. The van der Waals surface area contributed by atoms with Gasteiger partial charge < -0.3 is 4.74 Å². The summed E-state index contributed by atoms with van der Waals surface area (Å²) in [6, 6.07) is 0. The lowest BCUT2D eigenvalue weighted by molar-refractivity contribution is 0.269. The predicted molar refractivity (Wildman–Crippen MR) is 34.8 cm³/mol. The molecule has 1 rings (SSSR count). The van der Waals surface area contributed by atoms with E-state index in [2.05, 4.69) is 0 Å². The molecular formula is C5H10O2S. The first kappa shape index (κ1) is 7.69. The lowest BCUT2D eigenvalue weighted by atomic mass is 10.8. The zero-order valence-corrected chi connectivity index (χ0v) is 4.61. The molecule has 0 aromatic heterocycles. The van der Waals surface area contributed by atoms with Gasteiger partial charge in [0, 0.05) is 5.41 Å². The van der Waals surface area contributed by atoms with E-state index in [0.29, 0.717) is 12.4 Å². The Morgan fingerprint density at radius 1 is 1.62 bits per heavy atom. The summed E-state index contributed by atoms with van der Waals surface area (Å²) in [7, 11) is -0.746. The second kappa shape index (κ2) is 3.66. The molecule has 8 heavy (non-hydrogen) atoms. The number of ether oxygens (including phenoxy) is 1. The van der Waals surface area contributed by atoms with Gasteiger partial charge in [0.1, 0.15) is 0 Å². The van der Waals surface area contributed by atoms with Crippen molar-refractivity contribution in [2.24, 2.45) is 0 Å². The van der Waals surface area contributed by atoms with E-state index in [1.165, 1.54) is 6.26 Å². The van der Waals surface area contributed by atoms with Crippen molar-refractivity contribution in [3.63, 3.8) is 0 Å². The lowest BCUT2D eigenvalue weighted by Gasteiger charge is -2.02. The summed E-state index contributed by atoms with van der Waals surface area (Å²) in [6.07, 6.45) is 1.49. The van der Waals surface area contributed by atoms with Crippen molar-refractivity contribution in [2.45, 2.75) is 7.43 Å². The summed E-state index contributed by atoms with van der Waals surface area (Å²) in [5, 5.41) is 1.56. The highest BCUT2D eigenvalue weighted by molar-refractivity contribution is 7.88. The van der Waals surface area contributed by atoms with E-state index in [-0.39, 0.29) is 7.43 Å². The highest BCUT2D eigenvalue weighted by Crippen LogP contribution is 1.93. The molecule has 0 amide bonds. The molecule has 0 fully saturated rings. The van der Waals surface area contributed by atoms with Crippen LogP contribution in [0.2, 0.25) is 0 Å². The Hall–Kier alpha value is -0.310. The van der Waals surface area contributed by atoms with Gasteiger partial charge >= 0.3 is 0 Å². The first-order valence-corrected chi connectivity index (χ1v) is 3.43. The van der Waals surface area contributed by atoms with Gasteiger partial charge in [-0.15, -0.1) is 0 Å². The average Bonchev–Trinajstić information content (AvgIpc) is 1.69. The summed E-state index contributed by atoms with van der Waals surface area (Å²) in [5.41, 5.74) is 0. The van der Waals surface area contributed by atoms with Crippen LogP contribution in [-0.2, 0) is 15.5 Å². The average molecular weight is 134 g/mol. The maximum absolute atomic E-state index is 10.4. The molecule has 0 spiro atoms. The minimum atomic E-state index is -0.746. The monoisotopic (exact) mass is 134 g/mol. The normalized spacial score (nSPS) is 25.8. The van der Waals surface area contributed by atoms with Crippen molar-refractivity contribution in [2.75, 3.05) is 12.4 Å². The van der Waals surface area contributed by atoms with Gasteiger partial charge in [0.15, 0.2) is 0 Å². The van der Waals surface area contributed by atoms with Crippen LogP contribution in [0.3, 0.4) is 0 Å². The predicted octanol–water partition coefficient (Wildman–Crippen LogP) is 0.873. The molecule has 0 saturated heterocycles. The van der Waals surface area contributed by atoms with Crippen LogP contribution < -0.4 is 0 Å². The Morgan fingerprint density at radius 2 is 2.38 bits per heavy atom. The van der Waals surface area contributed by atoms with E-state index in [0.717, 1.165) is 0 Å². The molecule has 1 unspecified atom stereocenters. The van der Waals surface area contributed by atoms with Crippen molar-refractivity contribution >= 4 is 10.8 Å². The smallest absolute Gasteiger partial charge is 0.0992 e. The lowest BCUT2D eigenvalue weighted by Crippen LogP contribution is -2.05. The second-order valence-corrected chi connectivity index (χ2v) is 2.67. The summed E-state index contributed by atoms with van der Waals surface area (Å²) >= 11 is 0. The first-order valence-electron chi connectivity index (χ1n) is 2.05. The standard InChI is InChI=1S/C4H6O2S.CH4/c5-7-3-1-6-2-4-7;/h1,3H,2,4H2;1H4. The van der Waals surface area contributed by atoms with Crippen LogP contribution in [0, 0.1) is 0 Å². The van der Waals surface area contributed by atoms with Crippen molar-refractivity contribution < 1.29 is 8.95 Å². The maximum atomic E-state index is 10.4. The van der Waals surface area contributed by atoms with E-state index in [4.69, 9.17) is 4.74 Å². The van der Waals surface area contributed by atoms with Crippen LogP contribution in [0.25, 0.3) is 0 Å². The molecule has 3 heteroatoms. The van der Waals surface area contributed by atoms with Gasteiger partial charge in [-0.25, -0.2) is 0 Å². The topological polar surface area (TPSA) is 26.3 Å². The fourth-order valence-electron chi connectivity index (χ4n) is 0.368. The van der Waals surface area contributed by atoms with E-state index in [9.17, 15) is 4.21 Å². The zero-order valence-electron chi connectivity index (χ0n) is 3.79. The molecule has 0 aromatic rings. The summed E-state index contributed by atoms with van der Waals surface area (Å²) < 4.78 is 15.2. The Balaban J connectivity index is 0.000000490. The molecule has 0 bridgehead atoms. The Labute approximate surface area is 52.0 Å². The molecule has 0 aromatic carbocycles. The SMILES string of the molecule is C.O=S1C=COCC1. The minimum absolute atomic E-state index is 0. The molecule has 0 saturated carbocycles. The maximum Gasteiger partial charge on any atom is 0.0992 e. The van der Waals surface area contributed by atoms with Crippen molar-refractivity contribution in [1.29, 1.82) is 0 Å². The first-order chi connectivity index (χ1) is 3.39. The highest BCUT2D eigenvalue weighted by atomic mass is 32.2. The zero-order chi connectivity index (χ0) is 5.11. The van der Waals surface area contributed by atoms with Gasteiger partial charge in [-0.3, -0.25) is 4.21 Å². The molecule has 2 nitrogen and oxygen atoms in total. The Kier molecular flexibility index (Phi) is 3.52. The van der Waals surface area contributed by atoms with E-state index in [1.807, 2.05) is 0 Å². The van der Waals surface area contributed by atoms with Crippen LogP contribution in [0.1, 0.15) is 7.43 Å². The molecule has 0 radical (unpaired) electrons. The quantitative estimate of drug-likeness (QED) is 0.491. The highest BCUT2D eigenvalue weighted by Gasteiger charge is 1.97. The number of hydrogen-bond donors (Lipinski definition) is 0. The molecule has 0 N–H and O–H groups in total. The Bertz CT molecular complexity index is 109. The van der Waals surface area contributed by atoms with E-state index < -0.39 is 10.8 Å². The molecular weight excluding hydrogens is 124 g/mol. The third kappa shape index (κ3) is 2.12. The minimum Gasteiger partial charge on any atom is -0.500 e. The van der Waals surface area contributed by atoms with Gasteiger partial charge in [0.2, 0.25) is 0 Å². The van der Waals surface area contributed by atoms with Gasteiger partial charge in [0.05, 0.1) is 29.4 Å². The number of rotatable bonds is 0. The second-order valence-electron chi connectivity index (χ2n) is 1.23. The van der Waals surface area contributed by atoms with Gasteiger partial charge in [-0.2, -0.15) is 0 Å². The number of hydrogen-bond acceptors (Lipinski definition) is 2. The van der Waals surface area contributed by atoms with Crippen LogP contribution in [0.15, 0.2) is 11.7 Å². The van der Waals surface area contributed by atoms with Crippen molar-refractivity contribution in [1.82, 2.24) is 0 Å². The fourth-order valence-corrected chi connectivity index (χ4v) is 0.967. The molecule has 48 valence electrons. The van der Waals surface area contributed by atoms with Crippen LogP contribution >= 0.6 is 0 Å². The van der Waals surface area contributed by atoms with Crippen LogP contribution in [0.5, 0.6) is 0 Å². The van der Waals surface area contributed by atoms with Gasteiger partial charge in [-0.1, -0.05) is 7.43 Å². The molecule has 1 aliphatic heterocycles. The van der Waals surface area contributed by atoms with Crippen molar-refractivity contribution in [3.05, 3.63) is 11.7 Å². The third-order valence-electron chi connectivity index (χ3n) is 0.706. The van der Waals surface area contributed by atoms with Crippen molar-refractivity contribution in [3.8, 4) is 0 Å². The van der Waals surface area contributed by atoms with Crippen LogP contribution in [-0.4, -0.2) is 16.6 Å². The summed E-state index contributed by atoms with van der Waals surface area (Å²) in [6.45, 7) is 0.600. The van der Waals surface area contributed by atoms with Crippen LogP contribution in [0.4, 0.5) is 0 Å². The van der Waals surface area contributed by atoms with E-state index in [1.54, 1.807) is 5.41 Å². The molecule has 0 aliphatic carbocycles. The van der Waals surface area contributed by atoms with Gasteiger partial charge in [-0.05, 0) is 0 Å². The molecule has 1 atom stereocenters. The summed E-state index contributed by atoms with van der Waals surface area (Å²) in [5.74, 6) is 0.649. The molecule has 1 aliphatic rings. The third-order valence-corrected chi connectivity index (χ3v) is 1.69. The largest absolute Gasteiger partial charge is 0.500 e. The van der Waals surface area contributed by atoms with E-state index >= 15 is 0 Å². The Morgan fingerprint density at radius 3 is 2.62 bits per heavy atom. The summed E-state index contributed by atoms with van der Waals surface area (Å²) in [4.78, 5) is 0.